The molecule has 1 amide bonds. The maximum atomic E-state index is 12.7. The fourth-order valence-corrected chi connectivity index (χ4v) is 5.61. The van der Waals surface area contributed by atoms with E-state index < -0.39 is 10.0 Å². The zero-order valence-electron chi connectivity index (χ0n) is 17.9. The van der Waals surface area contributed by atoms with E-state index in [1.54, 1.807) is 36.4 Å². The van der Waals surface area contributed by atoms with E-state index in [-0.39, 0.29) is 17.8 Å². The summed E-state index contributed by atoms with van der Waals surface area (Å²) in [6.07, 6.45) is 1.49. The van der Waals surface area contributed by atoms with Crippen LogP contribution < -0.4 is 4.72 Å². The minimum Gasteiger partial charge on any atom is -0.377 e. The Morgan fingerprint density at radius 2 is 1.84 bits per heavy atom. The van der Waals surface area contributed by atoms with Crippen molar-refractivity contribution in [3.05, 3.63) is 64.7 Å². The highest BCUT2D eigenvalue weighted by Crippen LogP contribution is 2.19. The molecule has 0 bridgehead atoms. The Hall–Kier alpha value is -2.13. The van der Waals surface area contributed by atoms with Crippen LogP contribution in [0.25, 0.3) is 0 Å². The van der Waals surface area contributed by atoms with Gasteiger partial charge in [-0.3, -0.25) is 14.4 Å². The Morgan fingerprint density at radius 1 is 1.09 bits per heavy atom. The summed E-state index contributed by atoms with van der Waals surface area (Å²) >= 11 is 6.00. The molecular weight excluding hydrogens is 450 g/mol. The van der Waals surface area contributed by atoms with Gasteiger partial charge in [0, 0.05) is 55.6 Å². The van der Waals surface area contributed by atoms with Crippen molar-refractivity contribution in [2.75, 3.05) is 43.3 Å². The van der Waals surface area contributed by atoms with Crippen molar-refractivity contribution in [3.63, 3.8) is 0 Å². The molecule has 4 rings (SSSR count). The molecule has 2 aromatic carbocycles. The molecule has 0 aromatic heterocycles. The standard InChI is InChI=1S/C23H28ClN3O4S/c24-20-4-1-3-19(15-20)23(28)27-12-10-26(11-13-27)16-18-6-8-21(9-7-18)25-32(29,30)17-22-5-2-14-31-22/h1,3-4,6-9,15,22,25H,2,5,10-14,16-17H2. The number of nitrogens with zero attached hydrogens (tertiary/aromatic N) is 2. The van der Waals surface area contributed by atoms with Gasteiger partial charge in [0.15, 0.2) is 0 Å². The lowest BCUT2D eigenvalue weighted by atomic mass is 10.1. The molecule has 0 saturated carbocycles. The first kappa shape index (κ1) is 23.0. The zero-order chi connectivity index (χ0) is 22.6. The molecule has 2 heterocycles. The molecule has 2 fully saturated rings. The average Bonchev–Trinajstić information content (AvgIpc) is 3.27. The number of halogens is 1. The molecule has 2 saturated heterocycles. The molecule has 2 aliphatic heterocycles. The molecule has 32 heavy (non-hydrogen) atoms. The van der Waals surface area contributed by atoms with Crippen LogP contribution in [0.5, 0.6) is 0 Å². The van der Waals surface area contributed by atoms with E-state index in [2.05, 4.69) is 9.62 Å². The van der Waals surface area contributed by atoms with Crippen molar-refractivity contribution < 1.29 is 17.9 Å². The average molecular weight is 478 g/mol. The van der Waals surface area contributed by atoms with Gasteiger partial charge >= 0.3 is 0 Å². The Kier molecular flexibility index (Phi) is 7.35. The Morgan fingerprint density at radius 3 is 2.50 bits per heavy atom. The third-order valence-corrected chi connectivity index (χ3v) is 7.39. The van der Waals surface area contributed by atoms with Gasteiger partial charge in [-0.25, -0.2) is 8.42 Å². The van der Waals surface area contributed by atoms with Crippen molar-refractivity contribution in [2.24, 2.45) is 0 Å². The van der Waals surface area contributed by atoms with E-state index in [4.69, 9.17) is 16.3 Å². The Bertz CT molecular complexity index is 1030. The van der Waals surface area contributed by atoms with E-state index in [0.717, 1.165) is 38.0 Å². The number of benzene rings is 2. The summed E-state index contributed by atoms with van der Waals surface area (Å²) in [7, 11) is -3.43. The molecule has 7 nitrogen and oxygen atoms in total. The number of carbonyl (C=O) groups excluding carboxylic acids is 1. The third-order valence-electron chi connectivity index (χ3n) is 5.79. The normalized spacial score (nSPS) is 19.8. The van der Waals surface area contributed by atoms with Gasteiger partial charge in [0.05, 0.1) is 11.9 Å². The highest BCUT2D eigenvalue weighted by Gasteiger charge is 2.24. The number of anilines is 1. The maximum absolute atomic E-state index is 12.7. The van der Waals surface area contributed by atoms with Gasteiger partial charge in [-0.15, -0.1) is 0 Å². The van der Waals surface area contributed by atoms with Crippen molar-refractivity contribution in [3.8, 4) is 0 Å². The van der Waals surface area contributed by atoms with E-state index in [0.29, 0.717) is 36.0 Å². The van der Waals surface area contributed by atoms with Crippen molar-refractivity contribution in [2.45, 2.75) is 25.5 Å². The molecule has 0 aliphatic carbocycles. The summed E-state index contributed by atoms with van der Waals surface area (Å²) in [5, 5.41) is 0.562. The lowest BCUT2D eigenvalue weighted by molar-refractivity contribution is 0.0628. The van der Waals surface area contributed by atoms with Crippen molar-refractivity contribution in [1.82, 2.24) is 9.80 Å². The fourth-order valence-electron chi connectivity index (χ4n) is 4.09. The molecule has 0 radical (unpaired) electrons. The lowest BCUT2D eigenvalue weighted by Gasteiger charge is -2.34. The van der Waals surface area contributed by atoms with Crippen LogP contribution in [0, 0.1) is 0 Å². The van der Waals surface area contributed by atoms with Crippen LogP contribution >= 0.6 is 11.6 Å². The predicted molar refractivity (Wildman–Crippen MR) is 125 cm³/mol. The molecule has 1 unspecified atom stereocenters. The van der Waals surface area contributed by atoms with Gasteiger partial charge in [-0.2, -0.15) is 0 Å². The van der Waals surface area contributed by atoms with Gasteiger partial charge in [-0.1, -0.05) is 29.8 Å². The number of hydrogen-bond donors (Lipinski definition) is 1. The number of hydrogen-bond acceptors (Lipinski definition) is 5. The molecule has 2 aromatic rings. The quantitative estimate of drug-likeness (QED) is 0.662. The van der Waals surface area contributed by atoms with Crippen LogP contribution in [0.1, 0.15) is 28.8 Å². The second-order valence-electron chi connectivity index (χ2n) is 8.29. The van der Waals surface area contributed by atoms with Gasteiger partial charge in [0.1, 0.15) is 0 Å². The summed E-state index contributed by atoms with van der Waals surface area (Å²) in [5.74, 6) is -0.000720. The first-order valence-corrected chi connectivity index (χ1v) is 12.9. The van der Waals surface area contributed by atoms with E-state index in [9.17, 15) is 13.2 Å². The molecule has 0 spiro atoms. The number of carbonyl (C=O) groups is 1. The molecule has 2 aliphatic rings. The fraction of sp³-hybridized carbons (Fsp3) is 0.435. The number of nitrogens with one attached hydrogen (secondary N) is 1. The third kappa shape index (κ3) is 6.22. The summed E-state index contributed by atoms with van der Waals surface area (Å²) in [4.78, 5) is 16.8. The highest BCUT2D eigenvalue weighted by atomic mass is 35.5. The first-order chi connectivity index (χ1) is 15.4. The highest BCUT2D eigenvalue weighted by molar-refractivity contribution is 7.92. The second-order valence-corrected chi connectivity index (χ2v) is 10.5. The molecule has 9 heteroatoms. The van der Waals surface area contributed by atoms with Gasteiger partial charge in [0.25, 0.3) is 5.91 Å². The van der Waals surface area contributed by atoms with E-state index in [1.807, 2.05) is 17.0 Å². The van der Waals surface area contributed by atoms with Crippen LogP contribution in [-0.2, 0) is 21.3 Å². The Balaban J connectivity index is 1.26. The van der Waals surface area contributed by atoms with Crippen LogP contribution in [0.15, 0.2) is 48.5 Å². The van der Waals surface area contributed by atoms with Crippen LogP contribution in [-0.4, -0.2) is 68.8 Å². The molecule has 172 valence electrons. The van der Waals surface area contributed by atoms with Gasteiger partial charge in [0.2, 0.25) is 10.0 Å². The van der Waals surface area contributed by atoms with Crippen LogP contribution in [0.4, 0.5) is 5.69 Å². The van der Waals surface area contributed by atoms with Gasteiger partial charge < -0.3 is 9.64 Å². The van der Waals surface area contributed by atoms with Crippen LogP contribution in [0.2, 0.25) is 5.02 Å². The molecule has 1 atom stereocenters. The summed E-state index contributed by atoms with van der Waals surface area (Å²) < 4.78 is 32.7. The second kappa shape index (κ2) is 10.2. The van der Waals surface area contributed by atoms with E-state index in [1.165, 1.54) is 0 Å². The summed E-state index contributed by atoms with van der Waals surface area (Å²) in [6.45, 7) is 4.27. The predicted octanol–water partition coefficient (Wildman–Crippen LogP) is 3.22. The number of rotatable bonds is 7. The topological polar surface area (TPSA) is 79.0 Å². The van der Waals surface area contributed by atoms with Crippen molar-refractivity contribution in [1.29, 1.82) is 0 Å². The number of ether oxygens (including phenoxy) is 1. The minimum atomic E-state index is -3.43. The van der Waals surface area contributed by atoms with Gasteiger partial charge in [-0.05, 0) is 48.7 Å². The van der Waals surface area contributed by atoms with E-state index >= 15 is 0 Å². The number of piperazine rings is 1. The van der Waals surface area contributed by atoms with Crippen LogP contribution in [0.3, 0.4) is 0 Å². The molecule has 1 N–H and O–H groups in total. The summed E-state index contributed by atoms with van der Waals surface area (Å²) in [6, 6.07) is 14.5. The lowest BCUT2D eigenvalue weighted by Crippen LogP contribution is -2.48. The smallest absolute Gasteiger partial charge is 0.253 e. The number of amides is 1. The molecular formula is C23H28ClN3O4S. The maximum Gasteiger partial charge on any atom is 0.253 e. The zero-order valence-corrected chi connectivity index (χ0v) is 19.4. The SMILES string of the molecule is O=C(c1cccc(Cl)c1)N1CCN(Cc2ccc(NS(=O)(=O)CC3CCCO3)cc2)CC1. The first-order valence-electron chi connectivity index (χ1n) is 10.9. The number of sulfonamides is 1. The Labute approximate surface area is 194 Å². The summed E-state index contributed by atoms with van der Waals surface area (Å²) in [5.41, 5.74) is 2.27. The largest absolute Gasteiger partial charge is 0.377 e. The monoisotopic (exact) mass is 477 g/mol. The van der Waals surface area contributed by atoms with Crippen molar-refractivity contribution >= 4 is 33.2 Å². The minimum absolute atomic E-state index is 0.00629.